The lowest BCUT2D eigenvalue weighted by molar-refractivity contribution is -0.120. The molecule has 2 aliphatic heterocycles. The maximum absolute atomic E-state index is 11.9. The van der Waals surface area contributed by atoms with Gasteiger partial charge in [0.1, 0.15) is 0 Å². The van der Waals surface area contributed by atoms with Gasteiger partial charge in [-0.15, -0.1) is 12.4 Å². The average Bonchev–Trinajstić information content (AvgIpc) is 2.77. The van der Waals surface area contributed by atoms with E-state index in [1.807, 2.05) is 18.2 Å². The maximum atomic E-state index is 11.9. The number of hydrogen-bond donors (Lipinski definition) is 2. The fraction of sp³-hybridized carbons (Fsp3) is 0.364. The van der Waals surface area contributed by atoms with Crippen LogP contribution in [0, 0.1) is 0 Å². The standard InChI is InChI=1S/C11H12N2O.ClH/c14-10-11(5-6-12-7-11)8-3-1-2-4-9(8)13-10;/h1-4,12H,5-7H2,(H,13,14);1H. The summed E-state index contributed by atoms with van der Waals surface area (Å²) >= 11 is 0. The minimum absolute atomic E-state index is 0. The molecule has 0 radical (unpaired) electrons. The van der Waals surface area contributed by atoms with Crippen molar-refractivity contribution in [3.05, 3.63) is 29.8 Å². The number of hydrogen-bond acceptors (Lipinski definition) is 2. The van der Waals surface area contributed by atoms with E-state index in [-0.39, 0.29) is 23.7 Å². The maximum Gasteiger partial charge on any atom is 0.236 e. The molecule has 4 heteroatoms. The van der Waals surface area contributed by atoms with Gasteiger partial charge in [-0.2, -0.15) is 0 Å². The van der Waals surface area contributed by atoms with E-state index >= 15 is 0 Å². The van der Waals surface area contributed by atoms with Gasteiger partial charge < -0.3 is 10.6 Å². The molecule has 2 heterocycles. The Morgan fingerprint density at radius 3 is 2.80 bits per heavy atom. The molecule has 1 atom stereocenters. The highest BCUT2D eigenvalue weighted by Crippen LogP contribution is 2.41. The van der Waals surface area contributed by atoms with Crippen LogP contribution < -0.4 is 10.6 Å². The number of para-hydroxylation sites is 1. The van der Waals surface area contributed by atoms with Crippen molar-refractivity contribution in [2.24, 2.45) is 0 Å². The largest absolute Gasteiger partial charge is 0.325 e. The molecule has 0 saturated carbocycles. The minimum atomic E-state index is -0.281. The molecule has 2 aliphatic rings. The van der Waals surface area contributed by atoms with Crippen LogP contribution >= 0.6 is 12.4 Å². The van der Waals surface area contributed by atoms with E-state index in [1.165, 1.54) is 0 Å². The normalized spacial score (nSPS) is 27.3. The summed E-state index contributed by atoms with van der Waals surface area (Å²) < 4.78 is 0. The molecule has 80 valence electrons. The number of anilines is 1. The van der Waals surface area contributed by atoms with E-state index in [9.17, 15) is 4.79 Å². The smallest absolute Gasteiger partial charge is 0.236 e. The summed E-state index contributed by atoms with van der Waals surface area (Å²) in [4.78, 5) is 11.9. The van der Waals surface area contributed by atoms with Crippen LogP contribution in [0.15, 0.2) is 24.3 Å². The molecule has 15 heavy (non-hydrogen) atoms. The topological polar surface area (TPSA) is 41.1 Å². The van der Waals surface area contributed by atoms with Gasteiger partial charge in [0.05, 0.1) is 5.41 Å². The first-order valence-corrected chi connectivity index (χ1v) is 4.95. The number of rotatable bonds is 0. The monoisotopic (exact) mass is 224 g/mol. The Balaban J connectivity index is 0.000000853. The van der Waals surface area contributed by atoms with Gasteiger partial charge in [0.25, 0.3) is 0 Å². The number of fused-ring (bicyclic) bond motifs is 2. The van der Waals surface area contributed by atoms with Crippen LogP contribution in [0.2, 0.25) is 0 Å². The molecule has 1 saturated heterocycles. The SMILES string of the molecule is Cl.O=C1Nc2ccccc2C12CCNC2. The Morgan fingerprint density at radius 2 is 2.07 bits per heavy atom. The van der Waals surface area contributed by atoms with Crippen molar-refractivity contribution in [2.45, 2.75) is 11.8 Å². The molecule has 1 aromatic carbocycles. The Kier molecular flexibility index (Phi) is 2.44. The molecule has 1 amide bonds. The lowest BCUT2D eigenvalue weighted by atomic mass is 9.81. The average molecular weight is 225 g/mol. The molecule has 0 aliphatic carbocycles. The second-order valence-corrected chi connectivity index (χ2v) is 4.01. The van der Waals surface area contributed by atoms with Gasteiger partial charge >= 0.3 is 0 Å². The van der Waals surface area contributed by atoms with Gasteiger partial charge in [-0.3, -0.25) is 4.79 Å². The third-order valence-electron chi connectivity index (χ3n) is 3.28. The highest BCUT2D eigenvalue weighted by atomic mass is 35.5. The van der Waals surface area contributed by atoms with Gasteiger partial charge in [-0.25, -0.2) is 0 Å². The fourth-order valence-corrected chi connectivity index (χ4v) is 2.49. The van der Waals surface area contributed by atoms with Gasteiger partial charge in [0.2, 0.25) is 5.91 Å². The van der Waals surface area contributed by atoms with Gasteiger partial charge in [-0.05, 0) is 24.6 Å². The molecule has 1 spiro atoms. The third-order valence-corrected chi connectivity index (χ3v) is 3.28. The number of benzene rings is 1. The molecule has 1 fully saturated rings. The number of halogens is 1. The summed E-state index contributed by atoms with van der Waals surface area (Å²) in [5, 5.41) is 6.22. The van der Waals surface area contributed by atoms with E-state index in [1.54, 1.807) is 0 Å². The summed E-state index contributed by atoms with van der Waals surface area (Å²) in [5.74, 6) is 0.156. The van der Waals surface area contributed by atoms with Crippen molar-refractivity contribution >= 4 is 24.0 Å². The molecular weight excluding hydrogens is 212 g/mol. The molecule has 1 aromatic rings. The van der Waals surface area contributed by atoms with Crippen LogP contribution in [-0.2, 0) is 10.2 Å². The Hall–Kier alpha value is -1.06. The first-order valence-electron chi connectivity index (χ1n) is 4.95. The van der Waals surface area contributed by atoms with Crippen molar-refractivity contribution in [1.82, 2.24) is 5.32 Å². The van der Waals surface area contributed by atoms with Gasteiger partial charge in [0, 0.05) is 12.2 Å². The van der Waals surface area contributed by atoms with E-state index in [2.05, 4.69) is 16.7 Å². The zero-order valence-electron chi connectivity index (χ0n) is 8.25. The van der Waals surface area contributed by atoms with Crippen LogP contribution in [0.4, 0.5) is 5.69 Å². The summed E-state index contributed by atoms with van der Waals surface area (Å²) in [7, 11) is 0. The summed E-state index contributed by atoms with van der Waals surface area (Å²) in [5.41, 5.74) is 1.87. The van der Waals surface area contributed by atoms with E-state index in [0.717, 1.165) is 30.8 Å². The molecule has 2 N–H and O–H groups in total. The fourth-order valence-electron chi connectivity index (χ4n) is 2.49. The number of carbonyl (C=O) groups is 1. The van der Waals surface area contributed by atoms with Crippen LogP contribution in [0.3, 0.4) is 0 Å². The summed E-state index contributed by atoms with van der Waals surface area (Å²) in [6, 6.07) is 7.99. The number of nitrogens with one attached hydrogen (secondary N) is 2. The second-order valence-electron chi connectivity index (χ2n) is 4.01. The van der Waals surface area contributed by atoms with Crippen molar-refractivity contribution in [1.29, 1.82) is 0 Å². The molecule has 0 aromatic heterocycles. The summed E-state index contributed by atoms with van der Waals surface area (Å²) in [6.45, 7) is 1.71. The van der Waals surface area contributed by atoms with E-state index in [4.69, 9.17) is 0 Å². The Labute approximate surface area is 94.7 Å². The van der Waals surface area contributed by atoms with Crippen molar-refractivity contribution in [3.63, 3.8) is 0 Å². The van der Waals surface area contributed by atoms with Crippen LogP contribution in [0.5, 0.6) is 0 Å². The zero-order chi connectivity index (χ0) is 9.60. The first-order chi connectivity index (χ1) is 6.83. The highest BCUT2D eigenvalue weighted by molar-refractivity contribution is 6.06. The lowest BCUT2D eigenvalue weighted by Gasteiger charge is -2.19. The molecule has 3 rings (SSSR count). The molecular formula is C11H13ClN2O. The van der Waals surface area contributed by atoms with Crippen molar-refractivity contribution in [2.75, 3.05) is 18.4 Å². The minimum Gasteiger partial charge on any atom is -0.325 e. The Morgan fingerprint density at radius 1 is 1.27 bits per heavy atom. The number of amides is 1. The predicted octanol–water partition coefficient (Wildman–Crippen LogP) is 1.29. The van der Waals surface area contributed by atoms with Gasteiger partial charge in [0.15, 0.2) is 0 Å². The molecule has 1 unspecified atom stereocenters. The quantitative estimate of drug-likeness (QED) is 0.698. The molecule has 3 nitrogen and oxygen atoms in total. The lowest BCUT2D eigenvalue weighted by Crippen LogP contribution is -2.36. The van der Waals surface area contributed by atoms with Crippen molar-refractivity contribution < 1.29 is 4.79 Å². The van der Waals surface area contributed by atoms with E-state index in [0.29, 0.717) is 0 Å². The summed E-state index contributed by atoms with van der Waals surface area (Å²) in [6.07, 6.45) is 0.913. The number of carbonyl (C=O) groups excluding carboxylic acids is 1. The predicted molar refractivity (Wildman–Crippen MR) is 61.5 cm³/mol. The third kappa shape index (κ3) is 1.27. The van der Waals surface area contributed by atoms with Crippen LogP contribution in [0.1, 0.15) is 12.0 Å². The van der Waals surface area contributed by atoms with Crippen molar-refractivity contribution in [3.8, 4) is 0 Å². The van der Waals surface area contributed by atoms with E-state index < -0.39 is 0 Å². The molecule has 0 bridgehead atoms. The van der Waals surface area contributed by atoms with Crippen LogP contribution in [-0.4, -0.2) is 19.0 Å². The Bertz CT molecular complexity index is 399. The zero-order valence-corrected chi connectivity index (χ0v) is 9.06. The second kappa shape index (κ2) is 3.51. The van der Waals surface area contributed by atoms with Gasteiger partial charge in [-0.1, -0.05) is 18.2 Å². The first kappa shape index (κ1) is 10.5. The highest BCUT2D eigenvalue weighted by Gasteiger charge is 2.48. The van der Waals surface area contributed by atoms with Crippen LogP contribution in [0.25, 0.3) is 0 Å².